The van der Waals surface area contributed by atoms with Crippen molar-refractivity contribution in [2.45, 2.75) is 18.9 Å². The Labute approximate surface area is 185 Å². The lowest BCUT2D eigenvalue weighted by Gasteiger charge is -2.35. The molecule has 0 radical (unpaired) electrons. The van der Waals surface area contributed by atoms with Crippen molar-refractivity contribution in [1.82, 2.24) is 23.9 Å². The molecular formula is C20H23ClN6O3S. The number of carbonyl (C=O) groups excluding carboxylic acids is 1. The van der Waals surface area contributed by atoms with Crippen molar-refractivity contribution in [2.75, 3.05) is 31.1 Å². The summed E-state index contributed by atoms with van der Waals surface area (Å²) < 4.78 is 30.7. The Kier molecular flexibility index (Phi) is 5.63. The maximum absolute atomic E-state index is 13.4. The molecule has 0 saturated carbocycles. The smallest absolute Gasteiger partial charge is 0.283 e. The minimum absolute atomic E-state index is 0.00818. The maximum atomic E-state index is 13.4. The molecule has 0 aliphatic carbocycles. The molecule has 1 saturated heterocycles. The molecule has 0 N–H and O–H groups in total. The van der Waals surface area contributed by atoms with Gasteiger partial charge in [-0.15, -0.1) is 0 Å². The molecule has 1 aliphatic rings. The number of benzene rings is 1. The highest BCUT2D eigenvalue weighted by Gasteiger charge is 2.35. The minimum Gasteiger partial charge on any atom is -0.369 e. The van der Waals surface area contributed by atoms with Gasteiger partial charge in [-0.1, -0.05) is 11.6 Å². The Hall–Kier alpha value is -2.69. The van der Waals surface area contributed by atoms with Crippen LogP contribution < -0.4 is 4.90 Å². The van der Waals surface area contributed by atoms with Crippen LogP contribution in [0.1, 0.15) is 21.7 Å². The molecule has 4 rings (SSSR count). The van der Waals surface area contributed by atoms with Gasteiger partial charge in [0.2, 0.25) is 5.03 Å². The average molecular weight is 463 g/mol. The topological polar surface area (TPSA) is 93.3 Å². The van der Waals surface area contributed by atoms with Gasteiger partial charge < -0.3 is 4.90 Å². The lowest BCUT2D eigenvalue weighted by atomic mass is 10.2. The van der Waals surface area contributed by atoms with Gasteiger partial charge in [0.25, 0.3) is 15.9 Å². The molecule has 0 bridgehead atoms. The van der Waals surface area contributed by atoms with E-state index in [1.807, 2.05) is 24.3 Å². The van der Waals surface area contributed by atoms with E-state index >= 15 is 0 Å². The minimum atomic E-state index is -3.95. The molecule has 0 spiro atoms. The first-order chi connectivity index (χ1) is 14.7. The van der Waals surface area contributed by atoms with Crippen LogP contribution in [0.4, 0.5) is 5.69 Å². The van der Waals surface area contributed by atoms with E-state index in [4.69, 9.17) is 11.6 Å². The highest BCUT2D eigenvalue weighted by Crippen LogP contribution is 2.24. The summed E-state index contributed by atoms with van der Waals surface area (Å²) in [6, 6.07) is 9.21. The highest BCUT2D eigenvalue weighted by atomic mass is 35.5. The van der Waals surface area contributed by atoms with E-state index < -0.39 is 15.9 Å². The summed E-state index contributed by atoms with van der Waals surface area (Å²) in [4.78, 5) is 15.2. The third kappa shape index (κ3) is 4.10. The van der Waals surface area contributed by atoms with Crippen LogP contribution in [0.3, 0.4) is 0 Å². The molecule has 164 valence electrons. The first-order valence-electron chi connectivity index (χ1n) is 9.79. The fraction of sp³-hybridized carbons (Fsp3) is 0.350. The summed E-state index contributed by atoms with van der Waals surface area (Å²) in [5.41, 5.74) is 2.30. The number of piperazine rings is 1. The van der Waals surface area contributed by atoms with E-state index in [9.17, 15) is 13.2 Å². The number of hydrogen-bond donors (Lipinski definition) is 0. The second-order valence-corrected chi connectivity index (χ2v) is 9.82. The van der Waals surface area contributed by atoms with E-state index in [1.54, 1.807) is 27.0 Å². The molecule has 3 aromatic rings. The molecule has 1 aromatic carbocycles. The number of aryl methyl sites for hydroxylation is 3. The van der Waals surface area contributed by atoms with Crippen LogP contribution in [0.2, 0.25) is 5.02 Å². The van der Waals surface area contributed by atoms with Gasteiger partial charge in [-0.2, -0.15) is 14.5 Å². The average Bonchev–Trinajstić information content (AvgIpc) is 3.30. The van der Waals surface area contributed by atoms with Crippen molar-refractivity contribution in [3.05, 3.63) is 58.5 Å². The number of aromatic nitrogens is 4. The third-order valence-electron chi connectivity index (χ3n) is 5.24. The zero-order valence-corrected chi connectivity index (χ0v) is 19.1. The largest absolute Gasteiger partial charge is 0.369 e. The summed E-state index contributed by atoms with van der Waals surface area (Å²) in [6.45, 7) is 5.14. The first kappa shape index (κ1) is 21.5. The summed E-state index contributed by atoms with van der Waals surface area (Å²) in [5, 5.41) is 8.72. The zero-order valence-electron chi connectivity index (χ0n) is 17.5. The number of anilines is 1. The van der Waals surface area contributed by atoms with Gasteiger partial charge in [0.05, 0.1) is 5.69 Å². The second kappa shape index (κ2) is 8.10. The number of halogens is 1. The number of nitrogens with zero attached hydrogens (tertiary/aromatic N) is 6. The number of rotatable bonds is 4. The summed E-state index contributed by atoms with van der Waals surface area (Å²) in [6.07, 6.45) is 1.43. The molecule has 0 atom stereocenters. The first-order valence-corrected chi connectivity index (χ1v) is 11.6. The Bertz CT molecular complexity index is 1220. The quantitative estimate of drug-likeness (QED) is 0.589. The fourth-order valence-electron chi connectivity index (χ4n) is 3.71. The van der Waals surface area contributed by atoms with E-state index in [2.05, 4.69) is 15.1 Å². The standard InChI is InChI=1S/C20H23ClN6O3S/c1-14-12-15(2)27(22-14)20(28)18-13-24(3)23-19(18)31(29,30)26-10-8-25(9-11-26)17-6-4-16(21)5-7-17/h4-7,12-13H,8-11H2,1-3H3. The van der Waals surface area contributed by atoms with E-state index in [1.165, 1.54) is 19.9 Å². The van der Waals surface area contributed by atoms with Crippen LogP contribution in [0.5, 0.6) is 0 Å². The lowest BCUT2D eigenvalue weighted by molar-refractivity contribution is 0.0938. The Morgan fingerprint density at radius 1 is 1.03 bits per heavy atom. The zero-order chi connectivity index (χ0) is 22.3. The molecule has 3 heterocycles. The number of sulfonamides is 1. The van der Waals surface area contributed by atoms with Crippen LogP contribution in [-0.4, -0.2) is 64.4 Å². The van der Waals surface area contributed by atoms with Crippen LogP contribution in [0.15, 0.2) is 41.6 Å². The summed E-state index contributed by atoms with van der Waals surface area (Å²) in [7, 11) is -2.36. The van der Waals surface area contributed by atoms with E-state index in [0.717, 1.165) is 5.69 Å². The monoisotopic (exact) mass is 462 g/mol. The van der Waals surface area contributed by atoms with Crippen LogP contribution in [0.25, 0.3) is 0 Å². The molecule has 0 amide bonds. The molecule has 1 aliphatic heterocycles. The van der Waals surface area contributed by atoms with Gasteiger partial charge in [-0.3, -0.25) is 9.48 Å². The van der Waals surface area contributed by atoms with Gasteiger partial charge in [-0.25, -0.2) is 13.1 Å². The second-order valence-electron chi connectivity index (χ2n) is 7.53. The Balaban J connectivity index is 1.58. The fourth-order valence-corrected chi connectivity index (χ4v) is 5.38. The lowest BCUT2D eigenvalue weighted by Crippen LogP contribution is -2.49. The molecule has 9 nitrogen and oxygen atoms in total. The summed E-state index contributed by atoms with van der Waals surface area (Å²) >= 11 is 5.95. The SMILES string of the molecule is Cc1cc(C)n(C(=O)c2cn(C)nc2S(=O)(=O)N2CCN(c3ccc(Cl)cc3)CC2)n1. The van der Waals surface area contributed by atoms with E-state index in [0.29, 0.717) is 29.5 Å². The summed E-state index contributed by atoms with van der Waals surface area (Å²) in [5.74, 6) is -0.517. The molecule has 1 fully saturated rings. The maximum Gasteiger partial charge on any atom is 0.283 e. The van der Waals surface area contributed by atoms with Crippen molar-refractivity contribution < 1.29 is 13.2 Å². The van der Waals surface area contributed by atoms with Gasteiger partial charge in [0, 0.05) is 55.8 Å². The highest BCUT2D eigenvalue weighted by molar-refractivity contribution is 7.89. The molecule has 2 aromatic heterocycles. The third-order valence-corrected chi connectivity index (χ3v) is 7.33. The molecular weight excluding hydrogens is 440 g/mol. The van der Waals surface area contributed by atoms with Crippen LogP contribution >= 0.6 is 11.6 Å². The van der Waals surface area contributed by atoms with E-state index in [-0.39, 0.29) is 23.7 Å². The van der Waals surface area contributed by atoms with Crippen molar-refractivity contribution >= 4 is 33.2 Å². The molecule has 0 unspecified atom stereocenters. The predicted octanol–water partition coefficient (Wildman–Crippen LogP) is 2.09. The Morgan fingerprint density at radius 2 is 1.68 bits per heavy atom. The van der Waals surface area contributed by atoms with Crippen molar-refractivity contribution in [3.63, 3.8) is 0 Å². The number of hydrogen-bond acceptors (Lipinski definition) is 6. The number of carbonyl (C=O) groups is 1. The van der Waals surface area contributed by atoms with Crippen molar-refractivity contribution in [1.29, 1.82) is 0 Å². The van der Waals surface area contributed by atoms with Crippen LogP contribution in [0, 0.1) is 13.8 Å². The van der Waals surface area contributed by atoms with Gasteiger partial charge in [0.15, 0.2) is 0 Å². The van der Waals surface area contributed by atoms with Crippen LogP contribution in [-0.2, 0) is 17.1 Å². The molecule has 31 heavy (non-hydrogen) atoms. The van der Waals surface area contributed by atoms with Gasteiger partial charge in [-0.05, 0) is 44.2 Å². The predicted molar refractivity (Wildman–Crippen MR) is 117 cm³/mol. The normalized spacial score (nSPS) is 15.4. The van der Waals surface area contributed by atoms with Gasteiger partial charge >= 0.3 is 0 Å². The molecule has 11 heteroatoms. The Morgan fingerprint density at radius 3 is 2.26 bits per heavy atom. The van der Waals surface area contributed by atoms with Crippen molar-refractivity contribution in [3.8, 4) is 0 Å². The van der Waals surface area contributed by atoms with Crippen molar-refractivity contribution in [2.24, 2.45) is 7.05 Å². The van der Waals surface area contributed by atoms with Gasteiger partial charge in [0.1, 0.15) is 5.56 Å².